The molecule has 0 bridgehead atoms. The summed E-state index contributed by atoms with van der Waals surface area (Å²) in [5.74, 6) is 0. The molecule has 0 N–H and O–H groups in total. The van der Waals surface area contributed by atoms with E-state index < -0.39 is 0 Å². The first kappa shape index (κ1) is 44.7. The maximum Gasteiger partial charge on any atom is 0.329 e. The molecule has 0 atom stereocenters. The molecule has 4 aliphatic rings. The van der Waals surface area contributed by atoms with Crippen molar-refractivity contribution in [3.63, 3.8) is 0 Å². The average molecular weight is 929 g/mol. The van der Waals surface area contributed by atoms with E-state index in [4.69, 9.17) is 4.42 Å². The van der Waals surface area contributed by atoms with E-state index in [-0.39, 0.29) is 39.3 Å². The van der Waals surface area contributed by atoms with Gasteiger partial charge >= 0.3 is 6.85 Å². The lowest BCUT2D eigenvalue weighted by Crippen LogP contribution is -2.52. The number of fused-ring (bicyclic) bond motifs is 13. The highest BCUT2D eigenvalue weighted by Crippen LogP contribution is 2.61. The zero-order chi connectivity index (χ0) is 49.9. The Bertz CT molecular complexity index is 3850. The molecule has 2 aliphatic heterocycles. The minimum Gasteiger partial charge on any atom is -0.456 e. The Kier molecular flexibility index (Phi) is 8.83. The van der Waals surface area contributed by atoms with E-state index in [1.54, 1.807) is 0 Å². The summed E-state index contributed by atoms with van der Waals surface area (Å²) in [6.45, 7) is 36.1. The molecular formula is C67H69BN2O. The van der Waals surface area contributed by atoms with Crippen LogP contribution >= 0.6 is 0 Å². The first-order valence-electron chi connectivity index (χ1n) is 26.4. The fourth-order valence-electron chi connectivity index (χ4n) is 13.6. The number of para-hydroxylation sites is 1. The van der Waals surface area contributed by atoms with Gasteiger partial charge < -0.3 is 13.8 Å². The van der Waals surface area contributed by atoms with Crippen molar-refractivity contribution in [1.82, 2.24) is 4.48 Å². The van der Waals surface area contributed by atoms with Crippen LogP contribution in [0.2, 0.25) is 0 Å². The third-order valence-electron chi connectivity index (χ3n) is 17.9. The lowest BCUT2D eigenvalue weighted by molar-refractivity contribution is 0.331. The number of aromatic nitrogens is 1. The quantitative estimate of drug-likeness (QED) is 0.161. The second-order valence-corrected chi connectivity index (χ2v) is 26.9. The summed E-state index contributed by atoms with van der Waals surface area (Å²) >= 11 is 0. The zero-order valence-electron chi connectivity index (χ0n) is 44.8. The van der Waals surface area contributed by atoms with Crippen molar-refractivity contribution in [2.45, 2.75) is 149 Å². The van der Waals surface area contributed by atoms with Gasteiger partial charge in [-0.15, -0.1) is 0 Å². The van der Waals surface area contributed by atoms with Crippen LogP contribution in [0.5, 0.6) is 0 Å². The largest absolute Gasteiger partial charge is 0.456 e. The van der Waals surface area contributed by atoms with E-state index in [0.29, 0.717) is 0 Å². The van der Waals surface area contributed by atoms with Crippen LogP contribution in [0, 0.1) is 0 Å². The van der Waals surface area contributed by atoms with Crippen molar-refractivity contribution in [2.75, 3.05) is 4.90 Å². The molecule has 2 aromatic heterocycles. The molecule has 356 valence electrons. The molecule has 3 nitrogen and oxygen atoms in total. The van der Waals surface area contributed by atoms with Gasteiger partial charge in [0.2, 0.25) is 0 Å². The van der Waals surface area contributed by atoms with E-state index in [2.05, 4.69) is 235 Å². The fraction of sp³-hybridized carbons (Fsp3) is 0.343. The second-order valence-electron chi connectivity index (χ2n) is 26.9. The molecule has 71 heavy (non-hydrogen) atoms. The number of benzene rings is 7. The monoisotopic (exact) mass is 929 g/mol. The molecule has 9 aromatic rings. The fourth-order valence-corrected chi connectivity index (χ4v) is 13.6. The number of hydrogen-bond acceptors (Lipinski definition) is 2. The molecule has 4 heteroatoms. The molecule has 4 heterocycles. The van der Waals surface area contributed by atoms with Crippen LogP contribution in [0.3, 0.4) is 0 Å². The van der Waals surface area contributed by atoms with E-state index in [1.807, 2.05) is 0 Å². The maximum absolute atomic E-state index is 7.17. The van der Waals surface area contributed by atoms with Gasteiger partial charge in [0.25, 0.3) is 0 Å². The third-order valence-corrected chi connectivity index (χ3v) is 17.9. The van der Waals surface area contributed by atoms with Crippen molar-refractivity contribution < 1.29 is 4.42 Å². The van der Waals surface area contributed by atoms with Crippen LogP contribution in [-0.4, -0.2) is 11.3 Å². The molecule has 7 aromatic carbocycles. The van der Waals surface area contributed by atoms with Gasteiger partial charge in [0, 0.05) is 72.1 Å². The van der Waals surface area contributed by atoms with Crippen molar-refractivity contribution in [1.29, 1.82) is 0 Å². The molecule has 0 spiro atoms. The number of rotatable bonds is 2. The number of nitrogens with zero attached hydrogens (tertiary/aromatic N) is 2. The maximum atomic E-state index is 7.17. The smallest absolute Gasteiger partial charge is 0.329 e. The predicted octanol–water partition coefficient (Wildman–Crippen LogP) is 17.7. The summed E-state index contributed by atoms with van der Waals surface area (Å²) in [5, 5.41) is 5.06. The lowest BCUT2D eigenvalue weighted by atomic mass is 9.40. The Labute approximate surface area is 422 Å². The van der Waals surface area contributed by atoms with Gasteiger partial charge in [-0.3, -0.25) is 0 Å². The summed E-state index contributed by atoms with van der Waals surface area (Å²) in [6.07, 6.45) is 2.33. The Morgan fingerprint density at radius 2 is 1.11 bits per heavy atom. The number of anilines is 2. The molecular weight excluding hydrogens is 860 g/mol. The van der Waals surface area contributed by atoms with E-state index in [0.717, 1.165) is 17.6 Å². The minimum absolute atomic E-state index is 0.0128. The van der Waals surface area contributed by atoms with Crippen LogP contribution in [0.25, 0.3) is 71.7 Å². The first-order valence-corrected chi connectivity index (χ1v) is 26.4. The van der Waals surface area contributed by atoms with Crippen LogP contribution in [0.1, 0.15) is 156 Å². The highest BCUT2D eigenvalue weighted by Gasteiger charge is 2.55. The Morgan fingerprint density at radius 1 is 0.507 bits per heavy atom. The highest BCUT2D eigenvalue weighted by atomic mass is 16.3. The third kappa shape index (κ3) is 6.09. The zero-order valence-corrected chi connectivity index (χ0v) is 44.8. The Hall–Kier alpha value is -6.26. The number of allylic oxidation sites excluding steroid dienone is 1. The first-order chi connectivity index (χ1) is 33.4. The molecule has 0 unspecified atom stereocenters. The van der Waals surface area contributed by atoms with Gasteiger partial charge in [0.05, 0.1) is 5.69 Å². The van der Waals surface area contributed by atoms with Crippen molar-refractivity contribution in [3.05, 3.63) is 166 Å². The standard InChI is InChI=1S/C67H69BN2O/c1-62(2,3)39-25-27-51(43(31-39)38-21-17-16-18-22-38)69-53-37-55-56(42-23-19-20-24-54(42)71-55)57-47-34-41(64(7,8)9)33-45-44-32-40(63(4,5)6)26-28-52(44)70(59(45)47)68(58(53)57)61-60(69)46-35-49-50(36-48(46)67(61,14)15)66(12,13)30-29-65(49,10)11/h16-28,31-37H,29-30H2,1-15H3. The van der Waals surface area contributed by atoms with E-state index in [1.165, 1.54) is 128 Å². The van der Waals surface area contributed by atoms with Gasteiger partial charge in [-0.2, -0.15) is 0 Å². The normalized spacial score (nSPS) is 17.6. The second kappa shape index (κ2) is 14.0. The Balaban J connectivity index is 1.27. The molecule has 0 fully saturated rings. The minimum atomic E-state index is -0.349. The summed E-state index contributed by atoms with van der Waals surface area (Å²) in [4.78, 5) is 2.73. The molecule has 2 aliphatic carbocycles. The van der Waals surface area contributed by atoms with E-state index >= 15 is 0 Å². The van der Waals surface area contributed by atoms with Crippen LogP contribution < -0.4 is 10.4 Å². The predicted molar refractivity (Wildman–Crippen MR) is 305 cm³/mol. The van der Waals surface area contributed by atoms with Gasteiger partial charge in [-0.25, -0.2) is 0 Å². The number of furan rings is 1. The average Bonchev–Trinajstić information content (AvgIpc) is 3.93. The van der Waals surface area contributed by atoms with Gasteiger partial charge in [-0.05, 0) is 144 Å². The van der Waals surface area contributed by atoms with E-state index in [9.17, 15) is 0 Å². The van der Waals surface area contributed by atoms with Crippen molar-refractivity contribution in [3.8, 4) is 22.3 Å². The summed E-state index contributed by atoms with van der Waals surface area (Å²) in [5.41, 5.74) is 25.5. The summed E-state index contributed by atoms with van der Waals surface area (Å²) in [6, 6.07) is 47.6. The Morgan fingerprint density at radius 3 is 1.80 bits per heavy atom. The molecule has 0 radical (unpaired) electrons. The van der Waals surface area contributed by atoms with Crippen molar-refractivity contribution in [2.24, 2.45) is 0 Å². The molecule has 0 saturated carbocycles. The van der Waals surface area contributed by atoms with Crippen molar-refractivity contribution >= 4 is 73.1 Å². The lowest BCUT2D eigenvalue weighted by Gasteiger charge is -2.43. The van der Waals surface area contributed by atoms with Gasteiger partial charge in [0.15, 0.2) is 0 Å². The van der Waals surface area contributed by atoms with Gasteiger partial charge in [-0.1, -0.05) is 171 Å². The number of hydrogen-bond donors (Lipinski definition) is 0. The van der Waals surface area contributed by atoms with Crippen LogP contribution in [0.4, 0.5) is 11.4 Å². The molecule has 0 amide bonds. The van der Waals surface area contributed by atoms with Crippen LogP contribution in [-0.2, 0) is 32.5 Å². The van der Waals surface area contributed by atoms with Gasteiger partial charge in [0.1, 0.15) is 11.2 Å². The van der Waals surface area contributed by atoms with Crippen LogP contribution in [0.15, 0.2) is 131 Å². The molecule has 0 saturated heterocycles. The SMILES string of the molecule is CC(C)(C)c1ccc(N2C3=C(B4c5c2cc2oc6ccccc6c2c5-c2cc(C(C)(C)C)cc5c6cc(C(C)(C)C)ccc6n4c25)C(C)(C)c2cc4c(cc23)C(C)(C)CCC4(C)C)c(-c2ccccc2)c1. The topological polar surface area (TPSA) is 21.3 Å². The highest BCUT2D eigenvalue weighted by molar-refractivity contribution is 6.86. The summed E-state index contributed by atoms with van der Waals surface area (Å²) < 4.78 is 9.99. The molecule has 13 rings (SSSR count). The summed E-state index contributed by atoms with van der Waals surface area (Å²) in [7, 11) is 0.